The van der Waals surface area contributed by atoms with Gasteiger partial charge in [-0.25, -0.2) is 13.2 Å². The fourth-order valence-corrected chi connectivity index (χ4v) is 4.59. The van der Waals surface area contributed by atoms with Crippen molar-refractivity contribution in [3.8, 4) is 0 Å². The topological polar surface area (TPSA) is 118 Å². The summed E-state index contributed by atoms with van der Waals surface area (Å²) in [6.45, 7) is 3.57. The van der Waals surface area contributed by atoms with E-state index >= 15 is 0 Å². The zero-order chi connectivity index (χ0) is 20.0. The Balaban J connectivity index is 2.08. The van der Waals surface area contributed by atoms with Gasteiger partial charge in [0.1, 0.15) is 6.54 Å². The van der Waals surface area contributed by atoms with E-state index in [4.69, 9.17) is 0 Å². The van der Waals surface area contributed by atoms with Crippen molar-refractivity contribution in [3.63, 3.8) is 0 Å². The number of carbonyl (C=O) groups excluding carboxylic acids is 2. The maximum atomic E-state index is 12.6. The van der Waals surface area contributed by atoms with E-state index in [1.54, 1.807) is 13.8 Å². The van der Waals surface area contributed by atoms with Crippen LogP contribution in [0.15, 0.2) is 28.0 Å². The average molecular weight is 398 g/mol. The van der Waals surface area contributed by atoms with Crippen molar-refractivity contribution < 1.29 is 18.0 Å². The number of sulfonamides is 1. The van der Waals surface area contributed by atoms with Gasteiger partial charge in [0, 0.05) is 31.4 Å². The summed E-state index contributed by atoms with van der Waals surface area (Å²) < 4.78 is 27.4. The van der Waals surface area contributed by atoms with Gasteiger partial charge in [0.25, 0.3) is 5.56 Å². The SMILES string of the molecule is CCN(CC)S(=O)(=O)c1ccc(=O)n(CC(=O)NC(=O)NC2CCCC2)c1. The molecule has 0 atom stereocenters. The number of amides is 3. The molecule has 1 aromatic heterocycles. The van der Waals surface area contributed by atoms with Gasteiger partial charge in [-0.15, -0.1) is 0 Å². The van der Waals surface area contributed by atoms with Crippen LogP contribution in [0, 0.1) is 0 Å². The van der Waals surface area contributed by atoms with E-state index in [2.05, 4.69) is 10.6 Å². The van der Waals surface area contributed by atoms with Crippen LogP contribution in [-0.2, 0) is 21.4 Å². The molecule has 0 aromatic carbocycles. The Morgan fingerprint density at radius 3 is 2.41 bits per heavy atom. The number of hydrogen-bond acceptors (Lipinski definition) is 5. The lowest BCUT2D eigenvalue weighted by Crippen LogP contribution is -2.45. The molecule has 1 aliphatic rings. The van der Waals surface area contributed by atoms with Crippen LogP contribution < -0.4 is 16.2 Å². The Kier molecular flexibility index (Phi) is 7.14. The first kappa shape index (κ1) is 21.1. The summed E-state index contributed by atoms with van der Waals surface area (Å²) in [5.41, 5.74) is -0.528. The molecule has 0 unspecified atom stereocenters. The number of rotatable bonds is 7. The summed E-state index contributed by atoms with van der Waals surface area (Å²) in [4.78, 5) is 35.8. The van der Waals surface area contributed by atoms with Gasteiger partial charge in [0.15, 0.2) is 0 Å². The predicted molar refractivity (Wildman–Crippen MR) is 99.7 cm³/mol. The molecule has 3 amide bonds. The lowest BCUT2D eigenvalue weighted by Gasteiger charge is -2.19. The number of aromatic nitrogens is 1. The molecule has 150 valence electrons. The second-order valence-electron chi connectivity index (χ2n) is 6.42. The van der Waals surface area contributed by atoms with Crippen LogP contribution >= 0.6 is 0 Å². The molecule has 10 heteroatoms. The molecule has 1 heterocycles. The van der Waals surface area contributed by atoms with Crippen LogP contribution in [-0.4, -0.2) is 48.4 Å². The standard InChI is InChI=1S/C17H26N4O5S/c1-3-21(4-2)27(25,26)14-9-10-16(23)20(11-14)12-15(22)19-17(24)18-13-7-5-6-8-13/h9-11,13H,3-8,12H2,1-2H3,(H2,18,19,22,24). The number of imide groups is 1. The second kappa shape index (κ2) is 9.14. The molecule has 2 rings (SSSR count). The van der Waals surface area contributed by atoms with Gasteiger partial charge in [0.05, 0.1) is 4.90 Å². The van der Waals surface area contributed by atoms with Gasteiger partial charge in [-0.3, -0.25) is 14.9 Å². The van der Waals surface area contributed by atoms with Crippen molar-refractivity contribution in [3.05, 3.63) is 28.7 Å². The Hall–Kier alpha value is -2.20. The van der Waals surface area contributed by atoms with Crippen molar-refractivity contribution in [2.24, 2.45) is 0 Å². The molecular weight excluding hydrogens is 372 g/mol. The third-order valence-electron chi connectivity index (χ3n) is 4.56. The zero-order valence-electron chi connectivity index (χ0n) is 15.6. The molecule has 0 radical (unpaired) electrons. The first-order valence-corrected chi connectivity index (χ1v) is 10.5. The first-order chi connectivity index (χ1) is 12.8. The van der Waals surface area contributed by atoms with Gasteiger partial charge < -0.3 is 9.88 Å². The third-order valence-corrected chi connectivity index (χ3v) is 6.59. The highest BCUT2D eigenvalue weighted by atomic mass is 32.2. The van der Waals surface area contributed by atoms with Crippen LogP contribution in [0.2, 0.25) is 0 Å². The van der Waals surface area contributed by atoms with E-state index in [1.807, 2.05) is 0 Å². The normalized spacial score (nSPS) is 15.1. The number of urea groups is 1. The monoisotopic (exact) mass is 398 g/mol. The lowest BCUT2D eigenvalue weighted by molar-refractivity contribution is -0.120. The summed E-state index contributed by atoms with van der Waals surface area (Å²) in [5.74, 6) is -0.690. The van der Waals surface area contributed by atoms with Crippen molar-refractivity contribution >= 4 is 22.0 Å². The molecule has 27 heavy (non-hydrogen) atoms. The van der Waals surface area contributed by atoms with E-state index in [-0.39, 0.29) is 10.9 Å². The van der Waals surface area contributed by atoms with Crippen LogP contribution in [0.4, 0.5) is 4.79 Å². The number of nitrogens with one attached hydrogen (secondary N) is 2. The van der Waals surface area contributed by atoms with Crippen molar-refractivity contribution in [1.29, 1.82) is 0 Å². The lowest BCUT2D eigenvalue weighted by atomic mass is 10.2. The molecule has 9 nitrogen and oxygen atoms in total. The van der Waals surface area contributed by atoms with Crippen LogP contribution in [0.5, 0.6) is 0 Å². The van der Waals surface area contributed by atoms with Gasteiger partial charge in [-0.2, -0.15) is 4.31 Å². The first-order valence-electron chi connectivity index (χ1n) is 9.09. The Morgan fingerprint density at radius 1 is 1.19 bits per heavy atom. The predicted octanol–water partition coefficient (Wildman–Crippen LogP) is 0.647. The molecule has 1 saturated carbocycles. The Morgan fingerprint density at radius 2 is 1.81 bits per heavy atom. The molecule has 2 N–H and O–H groups in total. The fraction of sp³-hybridized carbons (Fsp3) is 0.588. The fourth-order valence-electron chi connectivity index (χ4n) is 3.11. The average Bonchev–Trinajstić information content (AvgIpc) is 3.10. The summed E-state index contributed by atoms with van der Waals surface area (Å²) in [5, 5.41) is 4.89. The number of carbonyl (C=O) groups is 2. The smallest absolute Gasteiger partial charge is 0.321 e. The molecule has 1 aliphatic carbocycles. The van der Waals surface area contributed by atoms with E-state index in [0.717, 1.165) is 42.5 Å². The molecule has 0 saturated heterocycles. The highest BCUT2D eigenvalue weighted by Crippen LogP contribution is 2.17. The number of pyridine rings is 1. The molecular formula is C17H26N4O5S. The molecule has 0 spiro atoms. The van der Waals surface area contributed by atoms with Crippen molar-refractivity contribution in [2.75, 3.05) is 13.1 Å². The highest BCUT2D eigenvalue weighted by Gasteiger charge is 2.23. The maximum absolute atomic E-state index is 12.6. The second-order valence-corrected chi connectivity index (χ2v) is 8.36. The van der Waals surface area contributed by atoms with E-state index in [1.165, 1.54) is 10.4 Å². The van der Waals surface area contributed by atoms with E-state index < -0.39 is 34.1 Å². The van der Waals surface area contributed by atoms with Crippen LogP contribution in [0.3, 0.4) is 0 Å². The van der Waals surface area contributed by atoms with Crippen molar-refractivity contribution in [2.45, 2.75) is 57.0 Å². The number of hydrogen-bond donors (Lipinski definition) is 2. The third kappa shape index (κ3) is 5.39. The Bertz CT molecular complexity index is 839. The zero-order valence-corrected chi connectivity index (χ0v) is 16.4. The van der Waals surface area contributed by atoms with Gasteiger partial charge in [0.2, 0.25) is 15.9 Å². The minimum atomic E-state index is -3.75. The summed E-state index contributed by atoms with van der Waals surface area (Å²) in [6.07, 6.45) is 4.98. The largest absolute Gasteiger partial charge is 0.335 e. The van der Waals surface area contributed by atoms with E-state index in [9.17, 15) is 22.8 Å². The van der Waals surface area contributed by atoms with Crippen molar-refractivity contribution in [1.82, 2.24) is 19.5 Å². The molecule has 1 fully saturated rings. The Labute approximate surface area is 158 Å². The molecule has 1 aromatic rings. The summed E-state index contributed by atoms with van der Waals surface area (Å²) in [7, 11) is -3.75. The summed E-state index contributed by atoms with van der Waals surface area (Å²) in [6, 6.07) is 1.77. The summed E-state index contributed by atoms with van der Waals surface area (Å²) >= 11 is 0. The minimum Gasteiger partial charge on any atom is -0.335 e. The van der Waals surface area contributed by atoms with Gasteiger partial charge in [-0.1, -0.05) is 26.7 Å². The van der Waals surface area contributed by atoms with Gasteiger partial charge >= 0.3 is 6.03 Å². The number of nitrogens with zero attached hydrogens (tertiary/aromatic N) is 2. The minimum absolute atomic E-state index is 0.0584. The molecule has 0 bridgehead atoms. The van der Waals surface area contributed by atoms with Gasteiger partial charge in [-0.05, 0) is 18.9 Å². The maximum Gasteiger partial charge on any atom is 0.321 e. The van der Waals surface area contributed by atoms with Crippen LogP contribution in [0.1, 0.15) is 39.5 Å². The quantitative estimate of drug-likeness (QED) is 0.699. The molecule has 0 aliphatic heterocycles. The highest BCUT2D eigenvalue weighted by molar-refractivity contribution is 7.89. The van der Waals surface area contributed by atoms with Crippen LogP contribution in [0.25, 0.3) is 0 Å². The van der Waals surface area contributed by atoms with E-state index in [0.29, 0.717) is 13.1 Å².